The molecule has 0 radical (unpaired) electrons. The van der Waals surface area contributed by atoms with Gasteiger partial charge in [-0.25, -0.2) is 0 Å². The standard InChI is InChI=1S/C16H17NO/c1-9(2)13-10(3)16(18)15-14(13)11-7-5-6-8-12(11)17(15)4/h5-8,10,13H,1H2,2-4H3/t10-,13+/m0/s1. The topological polar surface area (TPSA) is 22.0 Å². The molecule has 0 unspecified atom stereocenters. The minimum Gasteiger partial charge on any atom is -0.341 e. The average Bonchev–Trinajstić information content (AvgIpc) is 2.77. The fraction of sp³-hybridized carbons (Fsp3) is 0.312. The summed E-state index contributed by atoms with van der Waals surface area (Å²) in [6.45, 7) is 8.10. The van der Waals surface area contributed by atoms with E-state index in [0.717, 1.165) is 16.8 Å². The van der Waals surface area contributed by atoms with Crippen molar-refractivity contribution in [3.8, 4) is 0 Å². The van der Waals surface area contributed by atoms with Crippen LogP contribution in [0.15, 0.2) is 36.4 Å². The summed E-state index contributed by atoms with van der Waals surface area (Å²) in [4.78, 5) is 12.4. The normalized spacial score (nSPS) is 22.5. The minimum absolute atomic E-state index is 0.0170. The largest absolute Gasteiger partial charge is 0.341 e. The van der Waals surface area contributed by atoms with E-state index in [0.29, 0.717) is 0 Å². The van der Waals surface area contributed by atoms with Crippen molar-refractivity contribution in [2.45, 2.75) is 19.8 Å². The highest BCUT2D eigenvalue weighted by Crippen LogP contribution is 2.46. The van der Waals surface area contributed by atoms with Gasteiger partial charge in [0.25, 0.3) is 0 Å². The van der Waals surface area contributed by atoms with Crippen molar-refractivity contribution in [2.24, 2.45) is 13.0 Å². The van der Waals surface area contributed by atoms with Crippen LogP contribution in [0.4, 0.5) is 0 Å². The molecule has 1 aromatic heterocycles. The number of rotatable bonds is 1. The van der Waals surface area contributed by atoms with E-state index in [9.17, 15) is 4.79 Å². The summed E-state index contributed by atoms with van der Waals surface area (Å²) in [6.07, 6.45) is 0. The minimum atomic E-state index is 0.0170. The molecule has 0 saturated heterocycles. The molecule has 2 heteroatoms. The molecule has 0 saturated carbocycles. The molecular weight excluding hydrogens is 222 g/mol. The SMILES string of the molecule is C=C(C)[C@H]1c2c(n(C)c3ccccc23)C(=O)[C@H]1C. The Hall–Kier alpha value is -1.83. The number of hydrogen-bond donors (Lipinski definition) is 0. The number of allylic oxidation sites excluding steroid dienone is 1. The fourth-order valence-electron chi connectivity index (χ4n) is 3.33. The Bertz CT molecular complexity index is 678. The van der Waals surface area contributed by atoms with Gasteiger partial charge >= 0.3 is 0 Å². The average molecular weight is 239 g/mol. The smallest absolute Gasteiger partial charge is 0.183 e. The molecule has 0 spiro atoms. The molecule has 1 aliphatic rings. The summed E-state index contributed by atoms with van der Waals surface area (Å²) in [5.41, 5.74) is 4.26. The van der Waals surface area contributed by atoms with Crippen molar-refractivity contribution in [1.82, 2.24) is 4.57 Å². The van der Waals surface area contributed by atoms with Gasteiger partial charge in [0.05, 0.1) is 5.69 Å². The van der Waals surface area contributed by atoms with Gasteiger partial charge in [-0.05, 0) is 18.6 Å². The Kier molecular flexibility index (Phi) is 2.24. The van der Waals surface area contributed by atoms with Gasteiger partial charge in [-0.1, -0.05) is 37.3 Å². The monoisotopic (exact) mass is 239 g/mol. The van der Waals surface area contributed by atoms with Crippen LogP contribution >= 0.6 is 0 Å². The second-order valence-electron chi connectivity index (χ2n) is 5.32. The molecule has 1 aliphatic carbocycles. The number of aromatic nitrogens is 1. The highest BCUT2D eigenvalue weighted by Gasteiger charge is 2.41. The van der Waals surface area contributed by atoms with Crippen LogP contribution in [0.25, 0.3) is 10.9 Å². The molecule has 0 fully saturated rings. The van der Waals surface area contributed by atoms with E-state index in [1.807, 2.05) is 37.6 Å². The van der Waals surface area contributed by atoms with Gasteiger partial charge in [0.15, 0.2) is 5.78 Å². The van der Waals surface area contributed by atoms with Crippen molar-refractivity contribution < 1.29 is 4.79 Å². The zero-order valence-electron chi connectivity index (χ0n) is 11.0. The number of aryl methyl sites for hydroxylation is 1. The van der Waals surface area contributed by atoms with Crippen molar-refractivity contribution >= 4 is 16.7 Å². The van der Waals surface area contributed by atoms with Crippen LogP contribution in [-0.2, 0) is 7.05 Å². The number of nitrogens with zero attached hydrogens (tertiary/aromatic N) is 1. The molecule has 1 heterocycles. The van der Waals surface area contributed by atoms with E-state index in [1.165, 1.54) is 10.9 Å². The number of benzene rings is 1. The molecule has 3 rings (SSSR count). The Labute approximate surface area is 107 Å². The van der Waals surface area contributed by atoms with E-state index in [1.54, 1.807) is 0 Å². The predicted molar refractivity (Wildman–Crippen MR) is 74.0 cm³/mol. The maximum atomic E-state index is 12.4. The molecule has 2 atom stereocenters. The fourth-order valence-corrected chi connectivity index (χ4v) is 3.33. The lowest BCUT2D eigenvalue weighted by atomic mass is 9.87. The molecule has 92 valence electrons. The van der Waals surface area contributed by atoms with Gasteiger partial charge in [0, 0.05) is 29.8 Å². The first-order valence-corrected chi connectivity index (χ1v) is 6.31. The van der Waals surface area contributed by atoms with E-state index in [-0.39, 0.29) is 17.6 Å². The second kappa shape index (κ2) is 3.58. The van der Waals surface area contributed by atoms with E-state index < -0.39 is 0 Å². The summed E-state index contributed by atoms with van der Waals surface area (Å²) in [6, 6.07) is 8.23. The molecule has 0 aliphatic heterocycles. The molecule has 1 aromatic carbocycles. The Morgan fingerprint density at radius 2 is 2.00 bits per heavy atom. The van der Waals surface area contributed by atoms with Crippen LogP contribution in [0, 0.1) is 5.92 Å². The number of fused-ring (bicyclic) bond motifs is 3. The van der Waals surface area contributed by atoms with Crippen molar-refractivity contribution in [1.29, 1.82) is 0 Å². The Morgan fingerprint density at radius 3 is 2.67 bits per heavy atom. The quantitative estimate of drug-likeness (QED) is 0.696. The zero-order valence-corrected chi connectivity index (χ0v) is 11.0. The second-order valence-corrected chi connectivity index (χ2v) is 5.32. The van der Waals surface area contributed by atoms with Crippen LogP contribution in [0.1, 0.15) is 35.8 Å². The lowest BCUT2D eigenvalue weighted by molar-refractivity contribution is 0.0932. The van der Waals surface area contributed by atoms with Gasteiger partial charge in [-0.2, -0.15) is 0 Å². The van der Waals surface area contributed by atoms with Crippen LogP contribution < -0.4 is 0 Å². The maximum Gasteiger partial charge on any atom is 0.183 e. The molecule has 0 bridgehead atoms. The van der Waals surface area contributed by atoms with Crippen LogP contribution in [0.5, 0.6) is 0 Å². The first kappa shape index (κ1) is 11.3. The summed E-state index contributed by atoms with van der Waals surface area (Å²) >= 11 is 0. The van der Waals surface area contributed by atoms with Gasteiger partial charge in [-0.3, -0.25) is 4.79 Å². The highest BCUT2D eigenvalue weighted by molar-refractivity contribution is 6.08. The summed E-state index contributed by atoms with van der Waals surface area (Å²) in [5.74, 6) is 0.429. The van der Waals surface area contributed by atoms with E-state index >= 15 is 0 Å². The van der Waals surface area contributed by atoms with Crippen molar-refractivity contribution in [2.75, 3.05) is 0 Å². The number of Topliss-reactive ketones (excluding diaryl/α,β-unsaturated/α-hetero) is 1. The number of ketones is 1. The predicted octanol–water partition coefficient (Wildman–Crippen LogP) is 3.67. The first-order chi connectivity index (χ1) is 8.54. The Morgan fingerprint density at radius 1 is 1.33 bits per heavy atom. The molecule has 0 amide bonds. The molecule has 2 aromatic rings. The van der Waals surface area contributed by atoms with Gasteiger partial charge < -0.3 is 4.57 Å². The van der Waals surface area contributed by atoms with Crippen molar-refractivity contribution in [3.05, 3.63) is 47.7 Å². The zero-order chi connectivity index (χ0) is 13.0. The van der Waals surface area contributed by atoms with Gasteiger partial charge in [0.2, 0.25) is 0 Å². The highest BCUT2D eigenvalue weighted by atomic mass is 16.1. The van der Waals surface area contributed by atoms with E-state index in [2.05, 4.69) is 18.7 Å². The number of carbonyl (C=O) groups excluding carboxylic acids is 1. The molecule has 0 N–H and O–H groups in total. The lowest BCUT2D eigenvalue weighted by Gasteiger charge is -2.15. The third-order valence-electron chi connectivity index (χ3n) is 4.13. The Balaban J connectivity index is 2.43. The summed E-state index contributed by atoms with van der Waals surface area (Å²) in [5, 5.41) is 1.20. The third-order valence-corrected chi connectivity index (χ3v) is 4.13. The maximum absolute atomic E-state index is 12.4. The first-order valence-electron chi connectivity index (χ1n) is 6.31. The van der Waals surface area contributed by atoms with Crippen LogP contribution in [0.2, 0.25) is 0 Å². The van der Waals surface area contributed by atoms with E-state index in [4.69, 9.17) is 0 Å². The van der Waals surface area contributed by atoms with Gasteiger partial charge in [-0.15, -0.1) is 0 Å². The molecule has 2 nitrogen and oxygen atoms in total. The molecule has 18 heavy (non-hydrogen) atoms. The van der Waals surface area contributed by atoms with Crippen LogP contribution in [-0.4, -0.2) is 10.4 Å². The third kappa shape index (κ3) is 1.20. The number of hydrogen-bond acceptors (Lipinski definition) is 1. The van der Waals surface area contributed by atoms with Crippen LogP contribution in [0.3, 0.4) is 0 Å². The molecular formula is C16H17NO. The lowest BCUT2D eigenvalue weighted by Crippen LogP contribution is -2.12. The number of para-hydroxylation sites is 1. The van der Waals surface area contributed by atoms with Crippen molar-refractivity contribution in [3.63, 3.8) is 0 Å². The number of carbonyl (C=O) groups is 1. The summed E-state index contributed by atoms with van der Waals surface area (Å²) < 4.78 is 2.03. The van der Waals surface area contributed by atoms with Gasteiger partial charge in [0.1, 0.15) is 0 Å². The summed E-state index contributed by atoms with van der Waals surface area (Å²) in [7, 11) is 1.98.